The number of hydrogen-bond acceptors (Lipinski definition) is 3. The van der Waals surface area contributed by atoms with Crippen molar-refractivity contribution in [1.82, 2.24) is 10.2 Å². The third kappa shape index (κ3) is 2.51. The highest BCUT2D eigenvalue weighted by Crippen LogP contribution is 2.38. The van der Waals surface area contributed by atoms with Gasteiger partial charge < -0.3 is 15.3 Å². The average Bonchev–Trinajstić information content (AvgIpc) is 3.01. The molecule has 0 bridgehead atoms. The van der Waals surface area contributed by atoms with Gasteiger partial charge in [-0.1, -0.05) is 13.8 Å². The van der Waals surface area contributed by atoms with Crippen molar-refractivity contribution in [1.29, 1.82) is 0 Å². The van der Waals surface area contributed by atoms with E-state index in [2.05, 4.69) is 5.32 Å². The highest BCUT2D eigenvalue weighted by molar-refractivity contribution is 5.82. The molecular formula is C13H22N2O3. The Balaban J connectivity index is 1.92. The van der Waals surface area contributed by atoms with Crippen LogP contribution in [-0.2, 0) is 9.59 Å². The number of hydrogen-bond donors (Lipinski definition) is 2. The van der Waals surface area contributed by atoms with Crippen LogP contribution in [0, 0.1) is 11.3 Å². The molecule has 5 nitrogen and oxygen atoms in total. The van der Waals surface area contributed by atoms with Crippen molar-refractivity contribution < 1.29 is 14.7 Å². The second-order valence-corrected chi connectivity index (χ2v) is 5.84. The maximum absolute atomic E-state index is 12.0. The van der Waals surface area contributed by atoms with E-state index in [-0.39, 0.29) is 11.8 Å². The number of amides is 1. The van der Waals surface area contributed by atoms with Gasteiger partial charge in [0.25, 0.3) is 0 Å². The van der Waals surface area contributed by atoms with Crippen molar-refractivity contribution in [3.63, 3.8) is 0 Å². The molecule has 0 radical (unpaired) electrons. The normalized spacial score (nSPS) is 27.8. The lowest BCUT2D eigenvalue weighted by atomic mass is 9.76. The van der Waals surface area contributed by atoms with Gasteiger partial charge >= 0.3 is 5.97 Å². The summed E-state index contributed by atoms with van der Waals surface area (Å²) in [5, 5.41) is 12.6. The first-order valence-electron chi connectivity index (χ1n) is 6.70. The number of aliphatic carboxylic acids is 1. The summed E-state index contributed by atoms with van der Waals surface area (Å²) < 4.78 is 0. The fourth-order valence-electron chi connectivity index (χ4n) is 2.57. The third-order valence-electron chi connectivity index (χ3n) is 4.30. The molecule has 0 aromatic carbocycles. The summed E-state index contributed by atoms with van der Waals surface area (Å²) in [4.78, 5) is 25.1. The van der Waals surface area contributed by atoms with Crippen LogP contribution in [0.5, 0.6) is 0 Å². The minimum atomic E-state index is -0.775. The van der Waals surface area contributed by atoms with Gasteiger partial charge in [-0.25, -0.2) is 0 Å². The SMILES string of the molecule is CC(C)C1(C(=O)O)CCN(C(=O)CNC2CC2)C1. The molecule has 0 aromatic heterocycles. The van der Waals surface area contributed by atoms with Crippen LogP contribution in [0.2, 0.25) is 0 Å². The van der Waals surface area contributed by atoms with Gasteiger partial charge in [0.05, 0.1) is 12.0 Å². The van der Waals surface area contributed by atoms with E-state index in [0.29, 0.717) is 32.1 Å². The van der Waals surface area contributed by atoms with E-state index in [1.165, 1.54) is 0 Å². The van der Waals surface area contributed by atoms with Gasteiger partial charge in [-0.15, -0.1) is 0 Å². The van der Waals surface area contributed by atoms with Gasteiger partial charge in [0.15, 0.2) is 0 Å². The van der Waals surface area contributed by atoms with E-state index < -0.39 is 11.4 Å². The molecule has 0 aromatic rings. The average molecular weight is 254 g/mol. The Labute approximate surface area is 108 Å². The van der Waals surface area contributed by atoms with E-state index in [0.717, 1.165) is 12.8 Å². The van der Waals surface area contributed by atoms with Crippen molar-refractivity contribution in [3.05, 3.63) is 0 Å². The fourth-order valence-corrected chi connectivity index (χ4v) is 2.57. The second-order valence-electron chi connectivity index (χ2n) is 5.84. The Morgan fingerprint density at radius 1 is 1.44 bits per heavy atom. The first-order valence-corrected chi connectivity index (χ1v) is 6.70. The fraction of sp³-hybridized carbons (Fsp3) is 0.846. The van der Waals surface area contributed by atoms with Crippen LogP contribution in [0.4, 0.5) is 0 Å². The molecule has 2 N–H and O–H groups in total. The maximum Gasteiger partial charge on any atom is 0.311 e. The molecule has 18 heavy (non-hydrogen) atoms. The van der Waals surface area contributed by atoms with Crippen LogP contribution in [0.15, 0.2) is 0 Å². The Morgan fingerprint density at radius 3 is 2.56 bits per heavy atom. The monoisotopic (exact) mass is 254 g/mol. The summed E-state index contributed by atoms with van der Waals surface area (Å²) in [7, 11) is 0. The topological polar surface area (TPSA) is 69.6 Å². The summed E-state index contributed by atoms with van der Waals surface area (Å²) in [6.07, 6.45) is 2.87. The van der Waals surface area contributed by atoms with Gasteiger partial charge in [0, 0.05) is 19.1 Å². The predicted octanol–water partition coefficient (Wildman–Crippen LogP) is 0.698. The summed E-state index contributed by atoms with van der Waals surface area (Å²) >= 11 is 0. The van der Waals surface area contributed by atoms with Crippen LogP contribution >= 0.6 is 0 Å². The zero-order valence-electron chi connectivity index (χ0n) is 11.1. The molecule has 5 heteroatoms. The molecule has 1 aliphatic heterocycles. The number of nitrogens with zero attached hydrogens (tertiary/aromatic N) is 1. The van der Waals surface area contributed by atoms with E-state index in [4.69, 9.17) is 0 Å². The molecule has 1 atom stereocenters. The molecule has 1 unspecified atom stereocenters. The van der Waals surface area contributed by atoms with Gasteiger partial charge in [0.1, 0.15) is 0 Å². The van der Waals surface area contributed by atoms with Crippen molar-refractivity contribution in [3.8, 4) is 0 Å². The van der Waals surface area contributed by atoms with Crippen molar-refractivity contribution >= 4 is 11.9 Å². The smallest absolute Gasteiger partial charge is 0.311 e. The summed E-state index contributed by atoms with van der Waals surface area (Å²) in [5.74, 6) is -0.696. The lowest BCUT2D eigenvalue weighted by Gasteiger charge is -2.28. The van der Waals surface area contributed by atoms with Crippen LogP contribution in [-0.4, -0.2) is 47.6 Å². The first kappa shape index (κ1) is 13.3. The van der Waals surface area contributed by atoms with E-state index >= 15 is 0 Å². The number of likely N-dealkylation sites (tertiary alicyclic amines) is 1. The Bertz CT molecular complexity index is 352. The first-order chi connectivity index (χ1) is 8.45. The van der Waals surface area contributed by atoms with E-state index in [1.54, 1.807) is 4.90 Å². The Morgan fingerprint density at radius 2 is 2.11 bits per heavy atom. The zero-order chi connectivity index (χ0) is 13.3. The van der Waals surface area contributed by atoms with Crippen molar-refractivity contribution in [2.24, 2.45) is 11.3 Å². The molecule has 1 heterocycles. The summed E-state index contributed by atoms with van der Waals surface area (Å²) in [6.45, 7) is 5.11. The van der Waals surface area contributed by atoms with E-state index in [1.807, 2.05) is 13.8 Å². The lowest BCUT2D eigenvalue weighted by Crippen LogP contribution is -2.43. The van der Waals surface area contributed by atoms with Crippen LogP contribution in [0.25, 0.3) is 0 Å². The standard InChI is InChI=1S/C13H22N2O3/c1-9(2)13(12(17)18)5-6-15(8-13)11(16)7-14-10-3-4-10/h9-10,14H,3-8H2,1-2H3,(H,17,18). The van der Waals surface area contributed by atoms with Gasteiger partial charge in [-0.3, -0.25) is 9.59 Å². The number of carboxylic acid groups (broad SMARTS) is 1. The number of carbonyl (C=O) groups is 2. The molecule has 2 aliphatic rings. The Kier molecular flexibility index (Phi) is 3.61. The Hall–Kier alpha value is -1.10. The summed E-state index contributed by atoms with van der Waals surface area (Å²) in [5.41, 5.74) is -0.755. The van der Waals surface area contributed by atoms with Crippen molar-refractivity contribution in [2.45, 2.75) is 39.2 Å². The minimum absolute atomic E-state index is 0.0330. The molecule has 1 saturated carbocycles. The third-order valence-corrected chi connectivity index (χ3v) is 4.30. The highest BCUT2D eigenvalue weighted by atomic mass is 16.4. The number of carboxylic acids is 1. The van der Waals surface area contributed by atoms with Crippen LogP contribution in [0.3, 0.4) is 0 Å². The van der Waals surface area contributed by atoms with Crippen LogP contribution in [0.1, 0.15) is 33.1 Å². The molecule has 1 saturated heterocycles. The highest BCUT2D eigenvalue weighted by Gasteiger charge is 2.48. The molecule has 1 aliphatic carbocycles. The quantitative estimate of drug-likeness (QED) is 0.757. The van der Waals surface area contributed by atoms with Gasteiger partial charge in [0.2, 0.25) is 5.91 Å². The largest absolute Gasteiger partial charge is 0.481 e. The molecule has 0 spiro atoms. The molecule has 2 fully saturated rings. The number of rotatable bonds is 5. The molecular weight excluding hydrogens is 232 g/mol. The lowest BCUT2D eigenvalue weighted by molar-refractivity contribution is -0.151. The zero-order valence-corrected chi connectivity index (χ0v) is 11.1. The van der Waals surface area contributed by atoms with Crippen LogP contribution < -0.4 is 5.32 Å². The maximum atomic E-state index is 12.0. The molecule has 2 rings (SSSR count). The van der Waals surface area contributed by atoms with Crippen molar-refractivity contribution in [2.75, 3.05) is 19.6 Å². The second kappa shape index (κ2) is 4.88. The minimum Gasteiger partial charge on any atom is -0.481 e. The van der Waals surface area contributed by atoms with Gasteiger partial charge in [-0.2, -0.15) is 0 Å². The number of carbonyl (C=O) groups excluding carboxylic acids is 1. The predicted molar refractivity (Wildman–Crippen MR) is 67.1 cm³/mol. The molecule has 102 valence electrons. The molecule has 1 amide bonds. The summed E-state index contributed by atoms with van der Waals surface area (Å²) in [6, 6.07) is 0.505. The van der Waals surface area contributed by atoms with Gasteiger partial charge in [-0.05, 0) is 25.2 Å². The van der Waals surface area contributed by atoms with E-state index in [9.17, 15) is 14.7 Å². The number of nitrogens with one attached hydrogen (secondary N) is 1.